The normalized spacial score (nSPS) is 14.3. The molecule has 3 rings (SSSR count). The van der Waals surface area contributed by atoms with E-state index in [0.717, 1.165) is 23.6 Å². The molecular weight excluding hydrogens is 354 g/mol. The van der Waals surface area contributed by atoms with Crippen LogP contribution in [0.3, 0.4) is 0 Å². The van der Waals surface area contributed by atoms with Crippen molar-refractivity contribution < 1.29 is 14.3 Å². The quantitative estimate of drug-likeness (QED) is 0.739. The van der Waals surface area contributed by atoms with Gasteiger partial charge >= 0.3 is 0 Å². The Morgan fingerprint density at radius 3 is 2.81 bits per heavy atom. The molecule has 26 heavy (non-hydrogen) atoms. The van der Waals surface area contributed by atoms with Gasteiger partial charge in [0.25, 0.3) is 0 Å². The number of rotatable bonds is 7. The van der Waals surface area contributed by atoms with E-state index in [1.54, 1.807) is 4.68 Å². The topological polar surface area (TPSA) is 91.2 Å². The van der Waals surface area contributed by atoms with E-state index in [0.29, 0.717) is 24.3 Å². The van der Waals surface area contributed by atoms with Crippen molar-refractivity contribution in [1.29, 1.82) is 0 Å². The number of aromatic nitrogens is 4. The third-order valence-electron chi connectivity index (χ3n) is 3.81. The maximum atomic E-state index is 12.3. The Bertz CT molecular complexity index is 765. The molecule has 1 aliphatic rings. The summed E-state index contributed by atoms with van der Waals surface area (Å²) in [5.74, 6) is 2.08. The van der Waals surface area contributed by atoms with E-state index < -0.39 is 0 Å². The molecule has 1 aliphatic heterocycles. The summed E-state index contributed by atoms with van der Waals surface area (Å²) in [6, 6.07) is 5.59. The zero-order valence-electron chi connectivity index (χ0n) is 15.1. The lowest BCUT2D eigenvalue weighted by Crippen LogP contribution is -2.28. The summed E-state index contributed by atoms with van der Waals surface area (Å²) in [4.78, 5) is 12.3. The van der Waals surface area contributed by atoms with E-state index in [1.807, 2.05) is 25.1 Å². The Kier molecular flexibility index (Phi) is 5.97. The molecule has 1 aromatic carbocycles. The molecule has 1 unspecified atom stereocenters. The zero-order chi connectivity index (χ0) is 18.5. The van der Waals surface area contributed by atoms with Gasteiger partial charge in [-0.15, -0.1) is 5.10 Å². The van der Waals surface area contributed by atoms with Crippen LogP contribution in [0.5, 0.6) is 11.5 Å². The summed E-state index contributed by atoms with van der Waals surface area (Å²) in [6.45, 7) is 7.96. The number of carbonyl (C=O) groups is 1. The van der Waals surface area contributed by atoms with Crippen LogP contribution >= 0.6 is 11.8 Å². The minimum absolute atomic E-state index is 0.0727. The summed E-state index contributed by atoms with van der Waals surface area (Å²) in [7, 11) is 0. The number of nitrogens with one attached hydrogen (secondary N) is 1. The van der Waals surface area contributed by atoms with Crippen LogP contribution in [0.2, 0.25) is 0 Å². The van der Waals surface area contributed by atoms with Crippen molar-refractivity contribution in [2.75, 3.05) is 19.0 Å². The minimum atomic E-state index is -0.134. The van der Waals surface area contributed by atoms with Crippen molar-refractivity contribution in [1.82, 2.24) is 25.5 Å². The van der Waals surface area contributed by atoms with Gasteiger partial charge in [-0.05, 0) is 41.0 Å². The molecular formula is C17H23N5O3S. The van der Waals surface area contributed by atoms with Crippen molar-refractivity contribution in [2.45, 2.75) is 38.5 Å². The van der Waals surface area contributed by atoms with Crippen molar-refractivity contribution in [3.63, 3.8) is 0 Å². The molecule has 0 radical (unpaired) electrons. The number of carbonyl (C=O) groups excluding carboxylic acids is 1. The molecule has 0 aliphatic carbocycles. The van der Waals surface area contributed by atoms with Crippen LogP contribution in [0.25, 0.3) is 0 Å². The fourth-order valence-corrected chi connectivity index (χ4v) is 3.28. The lowest BCUT2D eigenvalue weighted by atomic mass is 10.1. The van der Waals surface area contributed by atoms with E-state index >= 15 is 0 Å². The van der Waals surface area contributed by atoms with E-state index in [4.69, 9.17) is 9.47 Å². The first-order valence-corrected chi connectivity index (χ1v) is 9.59. The Labute approximate surface area is 156 Å². The molecule has 2 aromatic rings. The van der Waals surface area contributed by atoms with E-state index in [1.165, 1.54) is 11.8 Å². The smallest absolute Gasteiger partial charge is 0.230 e. The highest BCUT2D eigenvalue weighted by Crippen LogP contribution is 2.32. The Morgan fingerprint density at radius 1 is 1.27 bits per heavy atom. The minimum Gasteiger partial charge on any atom is -0.486 e. The molecule has 1 N–H and O–H groups in total. The van der Waals surface area contributed by atoms with Crippen LogP contribution in [0.1, 0.15) is 32.4 Å². The maximum Gasteiger partial charge on any atom is 0.230 e. The van der Waals surface area contributed by atoms with Crippen LogP contribution in [0, 0.1) is 5.92 Å². The third kappa shape index (κ3) is 4.66. The lowest BCUT2D eigenvalue weighted by molar-refractivity contribution is -0.119. The zero-order valence-corrected chi connectivity index (χ0v) is 16.0. The Morgan fingerprint density at radius 2 is 2.04 bits per heavy atom. The van der Waals surface area contributed by atoms with Gasteiger partial charge in [0.1, 0.15) is 13.2 Å². The molecule has 1 aromatic heterocycles. The molecule has 0 spiro atoms. The van der Waals surface area contributed by atoms with Gasteiger partial charge in [-0.3, -0.25) is 4.79 Å². The van der Waals surface area contributed by atoms with Gasteiger partial charge in [0, 0.05) is 6.54 Å². The van der Waals surface area contributed by atoms with Gasteiger partial charge in [-0.25, -0.2) is 4.68 Å². The van der Waals surface area contributed by atoms with E-state index in [-0.39, 0.29) is 17.7 Å². The molecule has 1 atom stereocenters. The first-order valence-electron chi connectivity index (χ1n) is 8.61. The van der Waals surface area contributed by atoms with Crippen molar-refractivity contribution in [3.05, 3.63) is 23.8 Å². The van der Waals surface area contributed by atoms with Crippen LogP contribution in [0.4, 0.5) is 0 Å². The highest BCUT2D eigenvalue weighted by Gasteiger charge is 2.17. The van der Waals surface area contributed by atoms with Gasteiger partial charge in [0.05, 0.1) is 11.8 Å². The van der Waals surface area contributed by atoms with Gasteiger partial charge in [0.2, 0.25) is 11.1 Å². The molecule has 0 bridgehead atoms. The van der Waals surface area contributed by atoms with Crippen molar-refractivity contribution in [3.8, 4) is 11.5 Å². The lowest BCUT2D eigenvalue weighted by Gasteiger charge is -2.21. The number of nitrogens with zero attached hydrogens (tertiary/aromatic N) is 4. The average Bonchev–Trinajstić information content (AvgIpc) is 3.05. The largest absolute Gasteiger partial charge is 0.486 e. The molecule has 0 fully saturated rings. The number of amides is 1. The summed E-state index contributed by atoms with van der Waals surface area (Å²) < 4.78 is 12.8. The van der Waals surface area contributed by atoms with Crippen molar-refractivity contribution >= 4 is 17.7 Å². The average molecular weight is 377 g/mol. The van der Waals surface area contributed by atoms with Crippen LogP contribution in [0.15, 0.2) is 23.4 Å². The highest BCUT2D eigenvalue weighted by atomic mass is 32.2. The fourth-order valence-electron chi connectivity index (χ4n) is 2.59. The molecule has 0 saturated heterocycles. The summed E-state index contributed by atoms with van der Waals surface area (Å²) in [6.07, 6.45) is 0. The standard InChI is InChI=1S/C17H23N5O3S/c1-11(2)9-22-17(19-20-21-22)26-10-16(23)18-12(3)13-4-5-14-15(8-13)25-7-6-24-14/h4-5,8,11-12H,6-7,9-10H2,1-3H3,(H,18,23). The maximum absolute atomic E-state index is 12.3. The molecule has 0 saturated carbocycles. The summed E-state index contributed by atoms with van der Waals surface area (Å²) in [5, 5.41) is 15.3. The van der Waals surface area contributed by atoms with Gasteiger partial charge in [-0.2, -0.15) is 0 Å². The Hall–Kier alpha value is -2.29. The third-order valence-corrected chi connectivity index (χ3v) is 4.77. The number of ether oxygens (including phenoxy) is 2. The van der Waals surface area contributed by atoms with Crippen LogP contribution < -0.4 is 14.8 Å². The second-order valence-corrected chi connectivity index (χ2v) is 7.46. The predicted octanol–water partition coefficient (Wildman–Crippen LogP) is 2.07. The number of fused-ring (bicyclic) bond motifs is 1. The number of hydrogen-bond acceptors (Lipinski definition) is 7. The number of thioether (sulfide) groups is 1. The summed E-state index contributed by atoms with van der Waals surface area (Å²) >= 11 is 1.33. The number of tetrazole rings is 1. The van der Waals surface area contributed by atoms with E-state index in [2.05, 4.69) is 34.7 Å². The number of benzene rings is 1. The SMILES string of the molecule is CC(C)Cn1nnnc1SCC(=O)NC(C)c1ccc2c(c1)OCCO2. The second-order valence-electron chi connectivity index (χ2n) is 6.52. The highest BCUT2D eigenvalue weighted by molar-refractivity contribution is 7.99. The van der Waals surface area contributed by atoms with Crippen molar-refractivity contribution in [2.24, 2.45) is 5.92 Å². The van der Waals surface area contributed by atoms with E-state index in [9.17, 15) is 4.79 Å². The van der Waals surface area contributed by atoms with Crippen LogP contribution in [-0.2, 0) is 11.3 Å². The molecule has 8 nitrogen and oxygen atoms in total. The molecule has 9 heteroatoms. The number of hydrogen-bond donors (Lipinski definition) is 1. The van der Waals surface area contributed by atoms with Gasteiger partial charge in [0.15, 0.2) is 11.5 Å². The monoisotopic (exact) mass is 377 g/mol. The van der Waals surface area contributed by atoms with Gasteiger partial charge < -0.3 is 14.8 Å². The fraction of sp³-hybridized carbons (Fsp3) is 0.529. The first kappa shape index (κ1) is 18.5. The predicted molar refractivity (Wildman–Crippen MR) is 97.4 cm³/mol. The molecule has 2 heterocycles. The Balaban J connectivity index is 1.54. The summed E-state index contributed by atoms with van der Waals surface area (Å²) in [5.41, 5.74) is 0.970. The molecule has 140 valence electrons. The molecule has 1 amide bonds. The second kappa shape index (κ2) is 8.39. The van der Waals surface area contributed by atoms with Crippen LogP contribution in [-0.4, -0.2) is 45.1 Å². The van der Waals surface area contributed by atoms with Gasteiger partial charge in [-0.1, -0.05) is 31.7 Å². The first-order chi connectivity index (χ1) is 12.5.